The number of rotatable bonds is 3. The van der Waals surface area contributed by atoms with Crippen LogP contribution in [0.4, 0.5) is 0 Å². The van der Waals surface area contributed by atoms with Crippen LogP contribution in [0.2, 0.25) is 0 Å². The number of pyridine rings is 1. The van der Waals surface area contributed by atoms with Gasteiger partial charge < -0.3 is 10.3 Å². The molecule has 1 heterocycles. The third kappa shape index (κ3) is 2.68. The maximum absolute atomic E-state index is 12.5. The van der Waals surface area contributed by atoms with E-state index in [9.17, 15) is 4.79 Å². The average Bonchev–Trinajstić information content (AvgIpc) is 2.38. The fraction of sp³-hybridized carbons (Fsp3) is 0.353. The van der Waals surface area contributed by atoms with Crippen LogP contribution in [-0.4, -0.2) is 4.57 Å². The molecule has 2 rings (SSSR count). The molecule has 0 amide bonds. The quantitative estimate of drug-likeness (QED) is 0.931. The van der Waals surface area contributed by atoms with Gasteiger partial charge in [-0.2, -0.15) is 0 Å². The van der Waals surface area contributed by atoms with Gasteiger partial charge in [0.15, 0.2) is 0 Å². The van der Waals surface area contributed by atoms with Gasteiger partial charge in [0, 0.05) is 17.8 Å². The topological polar surface area (TPSA) is 48.0 Å². The zero-order valence-corrected chi connectivity index (χ0v) is 12.6. The molecule has 20 heavy (non-hydrogen) atoms. The first-order valence-electron chi connectivity index (χ1n) is 6.95. The molecule has 1 unspecified atom stereocenters. The van der Waals surface area contributed by atoms with Gasteiger partial charge in [-0.15, -0.1) is 0 Å². The van der Waals surface area contributed by atoms with Gasteiger partial charge in [-0.1, -0.05) is 29.8 Å². The van der Waals surface area contributed by atoms with Gasteiger partial charge in [-0.3, -0.25) is 4.79 Å². The third-order valence-electron chi connectivity index (χ3n) is 3.66. The molecule has 0 fully saturated rings. The highest BCUT2D eigenvalue weighted by Crippen LogP contribution is 2.21. The highest BCUT2D eigenvalue weighted by Gasteiger charge is 2.16. The van der Waals surface area contributed by atoms with Gasteiger partial charge in [-0.25, -0.2) is 0 Å². The molecule has 0 aliphatic rings. The van der Waals surface area contributed by atoms with Crippen molar-refractivity contribution in [2.75, 3.05) is 0 Å². The molecule has 0 saturated carbocycles. The second-order valence-electron chi connectivity index (χ2n) is 5.61. The van der Waals surface area contributed by atoms with Gasteiger partial charge >= 0.3 is 0 Å². The number of hydrogen-bond donors (Lipinski definition) is 1. The standard InChI is InChI=1S/C17H22N2O/c1-11(2)19-9-5-6-15(17(19)20)16(18)14-8-7-12(3)10-13(14)4/h5-11,16H,18H2,1-4H3. The van der Waals surface area contributed by atoms with Crippen LogP contribution in [0, 0.1) is 13.8 Å². The minimum Gasteiger partial charge on any atom is -0.320 e. The SMILES string of the molecule is Cc1ccc(C(N)c2cccn(C(C)C)c2=O)c(C)c1. The van der Waals surface area contributed by atoms with E-state index in [1.165, 1.54) is 5.56 Å². The van der Waals surface area contributed by atoms with Crippen molar-refractivity contribution in [3.63, 3.8) is 0 Å². The van der Waals surface area contributed by atoms with E-state index in [-0.39, 0.29) is 17.6 Å². The number of aryl methyl sites for hydroxylation is 2. The van der Waals surface area contributed by atoms with Gasteiger partial charge in [-0.05, 0) is 44.9 Å². The van der Waals surface area contributed by atoms with E-state index in [1.54, 1.807) is 4.57 Å². The predicted molar refractivity (Wildman–Crippen MR) is 83.0 cm³/mol. The molecule has 2 aromatic rings. The number of hydrogen-bond acceptors (Lipinski definition) is 2. The van der Waals surface area contributed by atoms with E-state index in [0.717, 1.165) is 11.1 Å². The van der Waals surface area contributed by atoms with Crippen molar-refractivity contribution in [3.05, 3.63) is 69.1 Å². The molecule has 106 valence electrons. The number of nitrogens with zero attached hydrogens (tertiary/aromatic N) is 1. The van der Waals surface area contributed by atoms with Crippen LogP contribution in [0.3, 0.4) is 0 Å². The van der Waals surface area contributed by atoms with Gasteiger partial charge in [0.05, 0.1) is 6.04 Å². The normalized spacial score (nSPS) is 12.7. The second kappa shape index (κ2) is 5.63. The molecule has 0 saturated heterocycles. The van der Waals surface area contributed by atoms with Crippen LogP contribution in [-0.2, 0) is 0 Å². The summed E-state index contributed by atoms with van der Waals surface area (Å²) < 4.78 is 1.72. The van der Waals surface area contributed by atoms with Crippen LogP contribution in [0.15, 0.2) is 41.3 Å². The van der Waals surface area contributed by atoms with Crippen LogP contribution < -0.4 is 11.3 Å². The molecule has 0 radical (unpaired) electrons. The van der Waals surface area contributed by atoms with Crippen molar-refractivity contribution in [2.24, 2.45) is 5.73 Å². The molecular weight excluding hydrogens is 248 g/mol. The summed E-state index contributed by atoms with van der Waals surface area (Å²) in [7, 11) is 0. The molecule has 1 atom stereocenters. The lowest BCUT2D eigenvalue weighted by Crippen LogP contribution is -2.29. The predicted octanol–water partition coefficient (Wildman–Crippen LogP) is 3.09. The Morgan fingerprint density at radius 3 is 2.40 bits per heavy atom. The van der Waals surface area contributed by atoms with Gasteiger partial charge in [0.2, 0.25) is 0 Å². The zero-order valence-electron chi connectivity index (χ0n) is 12.6. The Kier molecular flexibility index (Phi) is 4.09. The summed E-state index contributed by atoms with van der Waals surface area (Å²) >= 11 is 0. The van der Waals surface area contributed by atoms with E-state index in [2.05, 4.69) is 13.0 Å². The Bertz CT molecular complexity index is 671. The maximum Gasteiger partial charge on any atom is 0.255 e. The Morgan fingerprint density at radius 1 is 1.10 bits per heavy atom. The molecule has 0 aliphatic heterocycles. The highest BCUT2D eigenvalue weighted by molar-refractivity contribution is 5.37. The Hall–Kier alpha value is -1.87. The lowest BCUT2D eigenvalue weighted by atomic mass is 9.95. The molecule has 1 aromatic carbocycles. The molecule has 0 bridgehead atoms. The summed E-state index contributed by atoms with van der Waals surface area (Å²) in [6.45, 7) is 8.07. The molecular formula is C17H22N2O. The molecule has 0 spiro atoms. The molecule has 1 aromatic heterocycles. The first kappa shape index (κ1) is 14.5. The van der Waals surface area contributed by atoms with E-state index in [0.29, 0.717) is 5.56 Å². The first-order valence-corrected chi connectivity index (χ1v) is 6.95. The second-order valence-corrected chi connectivity index (χ2v) is 5.61. The van der Waals surface area contributed by atoms with E-state index in [4.69, 9.17) is 5.73 Å². The largest absolute Gasteiger partial charge is 0.320 e. The maximum atomic E-state index is 12.5. The molecule has 0 aliphatic carbocycles. The minimum atomic E-state index is -0.380. The van der Waals surface area contributed by atoms with Crippen LogP contribution in [0.1, 0.15) is 48.2 Å². The summed E-state index contributed by atoms with van der Waals surface area (Å²) in [4.78, 5) is 12.5. The summed E-state index contributed by atoms with van der Waals surface area (Å²) in [5.41, 5.74) is 10.3. The summed E-state index contributed by atoms with van der Waals surface area (Å²) in [6.07, 6.45) is 1.81. The van der Waals surface area contributed by atoms with Crippen LogP contribution in [0.5, 0.6) is 0 Å². The summed E-state index contributed by atoms with van der Waals surface area (Å²) in [5, 5.41) is 0. The van der Waals surface area contributed by atoms with E-state index < -0.39 is 0 Å². The Morgan fingerprint density at radius 2 is 1.80 bits per heavy atom. The van der Waals surface area contributed by atoms with Crippen molar-refractivity contribution in [1.82, 2.24) is 4.57 Å². The summed E-state index contributed by atoms with van der Waals surface area (Å²) in [6, 6.07) is 9.61. The minimum absolute atomic E-state index is 0.00465. The smallest absolute Gasteiger partial charge is 0.255 e. The Balaban J connectivity index is 2.51. The summed E-state index contributed by atoms with van der Waals surface area (Å²) in [5.74, 6) is 0. The fourth-order valence-electron chi connectivity index (χ4n) is 2.51. The Labute approximate surface area is 120 Å². The van der Waals surface area contributed by atoms with Crippen molar-refractivity contribution in [2.45, 2.75) is 39.8 Å². The first-order chi connectivity index (χ1) is 9.41. The van der Waals surface area contributed by atoms with Crippen LogP contribution in [0.25, 0.3) is 0 Å². The third-order valence-corrected chi connectivity index (χ3v) is 3.66. The van der Waals surface area contributed by atoms with Crippen molar-refractivity contribution in [1.29, 1.82) is 0 Å². The number of benzene rings is 1. The molecule has 3 nitrogen and oxygen atoms in total. The number of nitrogens with two attached hydrogens (primary N) is 1. The van der Waals surface area contributed by atoms with E-state index >= 15 is 0 Å². The fourth-order valence-corrected chi connectivity index (χ4v) is 2.51. The van der Waals surface area contributed by atoms with E-state index in [1.807, 2.05) is 51.2 Å². The van der Waals surface area contributed by atoms with Crippen molar-refractivity contribution >= 4 is 0 Å². The van der Waals surface area contributed by atoms with Crippen molar-refractivity contribution < 1.29 is 0 Å². The number of aromatic nitrogens is 1. The van der Waals surface area contributed by atoms with Crippen molar-refractivity contribution in [3.8, 4) is 0 Å². The lowest BCUT2D eigenvalue weighted by molar-refractivity contribution is 0.570. The lowest BCUT2D eigenvalue weighted by Gasteiger charge is -2.18. The van der Waals surface area contributed by atoms with Gasteiger partial charge in [0.1, 0.15) is 0 Å². The monoisotopic (exact) mass is 270 g/mol. The zero-order chi connectivity index (χ0) is 14.9. The molecule has 2 N–H and O–H groups in total. The highest BCUT2D eigenvalue weighted by atomic mass is 16.1. The molecule has 3 heteroatoms. The van der Waals surface area contributed by atoms with Gasteiger partial charge in [0.25, 0.3) is 5.56 Å². The average molecular weight is 270 g/mol. The van der Waals surface area contributed by atoms with Crippen LogP contribution >= 0.6 is 0 Å².